The van der Waals surface area contributed by atoms with Gasteiger partial charge in [0.1, 0.15) is 5.82 Å². The summed E-state index contributed by atoms with van der Waals surface area (Å²) in [5, 5.41) is 3.41. The summed E-state index contributed by atoms with van der Waals surface area (Å²) in [7, 11) is 2.13. The Labute approximate surface area is 118 Å². The number of pyridine rings is 1. The number of aromatic nitrogens is 1. The number of hydrogen-bond donors (Lipinski definition) is 1. The lowest BCUT2D eigenvalue weighted by Gasteiger charge is -2.27. The summed E-state index contributed by atoms with van der Waals surface area (Å²) in [5.41, 5.74) is 1.24. The van der Waals surface area contributed by atoms with Gasteiger partial charge in [0.05, 0.1) is 0 Å². The van der Waals surface area contributed by atoms with Crippen LogP contribution in [0.3, 0.4) is 0 Å². The molecule has 0 bridgehead atoms. The zero-order valence-corrected chi connectivity index (χ0v) is 13.3. The lowest BCUT2D eigenvalue weighted by atomic mass is 10.0. The van der Waals surface area contributed by atoms with E-state index in [0.29, 0.717) is 18.0 Å². The van der Waals surface area contributed by atoms with E-state index in [2.05, 4.69) is 69.0 Å². The van der Waals surface area contributed by atoms with Gasteiger partial charge in [-0.05, 0) is 30.9 Å². The van der Waals surface area contributed by atoms with Gasteiger partial charge in [-0.25, -0.2) is 4.98 Å². The zero-order valence-electron chi connectivity index (χ0n) is 13.3. The smallest absolute Gasteiger partial charge is 0.128 e. The van der Waals surface area contributed by atoms with E-state index in [1.807, 2.05) is 6.20 Å². The minimum Gasteiger partial charge on any atom is -0.357 e. The molecule has 1 rings (SSSR count). The van der Waals surface area contributed by atoms with Crippen LogP contribution in [0.4, 0.5) is 5.82 Å². The van der Waals surface area contributed by atoms with Crippen molar-refractivity contribution in [2.75, 3.05) is 11.9 Å². The fraction of sp³-hybridized carbons (Fsp3) is 0.688. The van der Waals surface area contributed by atoms with E-state index in [1.165, 1.54) is 12.0 Å². The van der Waals surface area contributed by atoms with Crippen LogP contribution in [-0.4, -0.2) is 24.1 Å². The van der Waals surface area contributed by atoms with Crippen molar-refractivity contribution in [2.24, 2.45) is 5.92 Å². The fourth-order valence-electron chi connectivity index (χ4n) is 2.12. The first-order chi connectivity index (χ1) is 8.90. The van der Waals surface area contributed by atoms with E-state index < -0.39 is 0 Å². The standard InChI is InChI=1S/C16H29N3/c1-12(2)9-14(5)19(6)16-8-7-15(11-18-16)10-17-13(3)4/h7-8,11-14,17H,9-10H2,1-6H3. The zero-order chi connectivity index (χ0) is 14.4. The Bertz CT molecular complexity index is 357. The van der Waals surface area contributed by atoms with Crippen molar-refractivity contribution in [3.8, 4) is 0 Å². The first-order valence-electron chi connectivity index (χ1n) is 7.31. The number of nitrogens with one attached hydrogen (secondary N) is 1. The highest BCUT2D eigenvalue weighted by Crippen LogP contribution is 2.17. The molecular weight excluding hydrogens is 234 g/mol. The van der Waals surface area contributed by atoms with Gasteiger partial charge in [0.2, 0.25) is 0 Å². The predicted octanol–water partition coefficient (Wildman–Crippen LogP) is 3.45. The van der Waals surface area contributed by atoms with Crippen molar-refractivity contribution in [1.29, 1.82) is 0 Å². The maximum Gasteiger partial charge on any atom is 0.128 e. The van der Waals surface area contributed by atoms with E-state index in [4.69, 9.17) is 0 Å². The average molecular weight is 263 g/mol. The number of hydrogen-bond acceptors (Lipinski definition) is 3. The van der Waals surface area contributed by atoms with Crippen molar-refractivity contribution in [3.05, 3.63) is 23.9 Å². The number of nitrogens with zero attached hydrogens (tertiary/aromatic N) is 2. The van der Waals surface area contributed by atoms with Gasteiger partial charge >= 0.3 is 0 Å². The molecule has 0 amide bonds. The fourth-order valence-corrected chi connectivity index (χ4v) is 2.12. The molecule has 0 spiro atoms. The molecule has 0 saturated carbocycles. The topological polar surface area (TPSA) is 28.2 Å². The van der Waals surface area contributed by atoms with Crippen molar-refractivity contribution in [2.45, 2.75) is 59.7 Å². The van der Waals surface area contributed by atoms with Gasteiger partial charge in [-0.2, -0.15) is 0 Å². The molecule has 1 atom stereocenters. The summed E-state index contributed by atoms with van der Waals surface area (Å²) >= 11 is 0. The molecule has 0 radical (unpaired) electrons. The van der Waals surface area contributed by atoms with E-state index in [9.17, 15) is 0 Å². The van der Waals surface area contributed by atoms with Crippen molar-refractivity contribution >= 4 is 5.82 Å². The summed E-state index contributed by atoms with van der Waals surface area (Å²) in [6, 6.07) is 5.31. The summed E-state index contributed by atoms with van der Waals surface area (Å²) in [6.07, 6.45) is 3.16. The van der Waals surface area contributed by atoms with Crippen LogP contribution in [-0.2, 0) is 6.54 Å². The first kappa shape index (κ1) is 16.0. The highest BCUT2D eigenvalue weighted by Gasteiger charge is 2.12. The van der Waals surface area contributed by atoms with Crippen molar-refractivity contribution in [3.63, 3.8) is 0 Å². The molecule has 0 aliphatic heterocycles. The predicted molar refractivity (Wildman–Crippen MR) is 83.5 cm³/mol. The minimum absolute atomic E-state index is 0.508. The largest absolute Gasteiger partial charge is 0.357 e. The quantitative estimate of drug-likeness (QED) is 0.816. The van der Waals surface area contributed by atoms with Gasteiger partial charge in [0.25, 0.3) is 0 Å². The molecule has 0 aliphatic carbocycles. The van der Waals surface area contributed by atoms with Crippen molar-refractivity contribution < 1.29 is 0 Å². The molecule has 3 heteroatoms. The Hall–Kier alpha value is -1.09. The monoisotopic (exact) mass is 263 g/mol. The number of anilines is 1. The summed E-state index contributed by atoms with van der Waals surface area (Å²) in [5.74, 6) is 1.77. The molecular formula is C16H29N3. The Kier molecular flexibility index (Phi) is 6.29. The number of rotatable bonds is 7. The van der Waals surface area contributed by atoms with Gasteiger partial charge in [0, 0.05) is 31.9 Å². The van der Waals surface area contributed by atoms with Gasteiger partial charge < -0.3 is 10.2 Å². The molecule has 3 nitrogen and oxygen atoms in total. The van der Waals surface area contributed by atoms with Crippen LogP contribution in [0.25, 0.3) is 0 Å². The second-order valence-corrected chi connectivity index (χ2v) is 6.15. The Morgan fingerprint density at radius 2 is 1.84 bits per heavy atom. The van der Waals surface area contributed by atoms with E-state index in [0.717, 1.165) is 12.4 Å². The van der Waals surface area contributed by atoms with Crippen LogP contribution in [0.1, 0.15) is 46.6 Å². The Morgan fingerprint density at radius 3 is 2.32 bits per heavy atom. The second kappa shape index (κ2) is 7.49. The molecule has 0 fully saturated rings. The van der Waals surface area contributed by atoms with Crippen LogP contribution in [0.5, 0.6) is 0 Å². The molecule has 1 unspecified atom stereocenters. The van der Waals surface area contributed by atoms with E-state index in [1.54, 1.807) is 0 Å². The van der Waals surface area contributed by atoms with E-state index >= 15 is 0 Å². The average Bonchev–Trinajstić information content (AvgIpc) is 2.35. The van der Waals surface area contributed by atoms with Crippen LogP contribution in [0, 0.1) is 5.92 Å². The maximum absolute atomic E-state index is 4.57. The third-order valence-corrected chi connectivity index (χ3v) is 3.36. The highest BCUT2D eigenvalue weighted by molar-refractivity contribution is 5.39. The summed E-state index contributed by atoms with van der Waals surface area (Å²) in [6.45, 7) is 12.0. The van der Waals surface area contributed by atoms with Crippen LogP contribution < -0.4 is 10.2 Å². The van der Waals surface area contributed by atoms with E-state index in [-0.39, 0.29) is 0 Å². The molecule has 0 aliphatic rings. The second-order valence-electron chi connectivity index (χ2n) is 6.15. The maximum atomic E-state index is 4.57. The van der Waals surface area contributed by atoms with Crippen molar-refractivity contribution in [1.82, 2.24) is 10.3 Å². The lowest BCUT2D eigenvalue weighted by molar-refractivity contribution is 0.502. The third kappa shape index (κ3) is 5.60. The molecule has 1 aromatic rings. The molecule has 0 aromatic carbocycles. The molecule has 0 saturated heterocycles. The first-order valence-corrected chi connectivity index (χ1v) is 7.31. The van der Waals surface area contributed by atoms with Gasteiger partial charge in [-0.1, -0.05) is 33.8 Å². The van der Waals surface area contributed by atoms with Crippen LogP contribution >= 0.6 is 0 Å². The molecule has 1 N–H and O–H groups in total. The van der Waals surface area contributed by atoms with Gasteiger partial charge in [-0.15, -0.1) is 0 Å². The third-order valence-electron chi connectivity index (χ3n) is 3.36. The minimum atomic E-state index is 0.508. The Balaban J connectivity index is 2.59. The summed E-state index contributed by atoms with van der Waals surface area (Å²) < 4.78 is 0. The normalized spacial score (nSPS) is 13.1. The van der Waals surface area contributed by atoms with Crippen LogP contribution in [0.15, 0.2) is 18.3 Å². The molecule has 1 heterocycles. The Morgan fingerprint density at radius 1 is 1.16 bits per heavy atom. The lowest BCUT2D eigenvalue weighted by Crippen LogP contribution is -2.30. The van der Waals surface area contributed by atoms with Gasteiger partial charge in [-0.3, -0.25) is 0 Å². The molecule has 108 valence electrons. The molecule has 1 aromatic heterocycles. The van der Waals surface area contributed by atoms with Gasteiger partial charge in [0.15, 0.2) is 0 Å². The highest BCUT2D eigenvalue weighted by atomic mass is 15.2. The SMILES string of the molecule is CC(C)CC(C)N(C)c1ccc(CNC(C)C)cn1. The van der Waals surface area contributed by atoms with Crippen LogP contribution in [0.2, 0.25) is 0 Å². The molecule has 19 heavy (non-hydrogen) atoms. The summed E-state index contributed by atoms with van der Waals surface area (Å²) in [4.78, 5) is 6.83.